The Morgan fingerprint density at radius 1 is 1.26 bits per heavy atom. The summed E-state index contributed by atoms with van der Waals surface area (Å²) in [4.78, 5) is 23.7. The van der Waals surface area contributed by atoms with Crippen molar-refractivity contribution in [3.05, 3.63) is 53.6 Å². The molecule has 4 rings (SSSR count). The Morgan fingerprint density at radius 2 is 2.04 bits per heavy atom. The van der Waals surface area contributed by atoms with Gasteiger partial charge >= 0.3 is 0 Å². The second kappa shape index (κ2) is 5.49. The maximum absolute atomic E-state index is 12.5. The molecule has 3 heterocycles. The first-order chi connectivity index (χ1) is 11.2. The second-order valence-electron chi connectivity index (χ2n) is 6.87. The van der Waals surface area contributed by atoms with Crippen LogP contribution in [0.2, 0.25) is 0 Å². The van der Waals surface area contributed by atoms with Crippen molar-refractivity contribution in [2.24, 2.45) is 0 Å². The fraction of sp³-hybridized carbons (Fsp3) is 0.444. The summed E-state index contributed by atoms with van der Waals surface area (Å²) in [6.45, 7) is 3.71. The number of aromatic nitrogens is 2. The number of rotatable bonds is 1. The third-order valence-corrected chi connectivity index (χ3v) is 5.34. The van der Waals surface area contributed by atoms with Gasteiger partial charge in [0.1, 0.15) is 5.69 Å². The van der Waals surface area contributed by atoms with Crippen LogP contribution < -0.4 is 0 Å². The summed E-state index contributed by atoms with van der Waals surface area (Å²) in [6.07, 6.45) is 5.21. The highest BCUT2D eigenvalue weighted by Gasteiger charge is 2.41. The Labute approximate surface area is 136 Å². The molecule has 1 fully saturated rings. The number of nitrogens with zero attached hydrogens (tertiary/aromatic N) is 3. The Kier molecular flexibility index (Phi) is 3.45. The number of hydrogen-bond acceptors (Lipinski definition) is 3. The number of fused-ring (bicyclic) bond motifs is 2. The number of likely N-dealkylation sites (tertiary alicyclic amines) is 1. The number of benzene rings is 1. The third-order valence-electron chi connectivity index (χ3n) is 5.34. The van der Waals surface area contributed by atoms with Crippen molar-refractivity contribution in [1.82, 2.24) is 19.8 Å². The third kappa shape index (κ3) is 2.45. The lowest BCUT2D eigenvalue weighted by Gasteiger charge is -2.48. The molecule has 0 bridgehead atoms. The maximum atomic E-state index is 12.5. The van der Waals surface area contributed by atoms with Crippen molar-refractivity contribution in [2.75, 3.05) is 26.7 Å². The summed E-state index contributed by atoms with van der Waals surface area (Å²) in [5, 5.41) is 0. The van der Waals surface area contributed by atoms with Crippen LogP contribution in [0, 0.1) is 0 Å². The molecule has 5 heteroatoms. The van der Waals surface area contributed by atoms with Crippen molar-refractivity contribution in [3.63, 3.8) is 0 Å². The first kappa shape index (κ1) is 14.5. The molecular formula is C18H22N4O. The van der Waals surface area contributed by atoms with E-state index >= 15 is 0 Å². The standard InChI is InChI=1S/C18H22N4O/c1-21-11-14-4-2-3-5-15(14)18(12-21)6-8-22(9-7-18)17(23)16-10-19-13-20-16/h2-5,10,13H,6-9,11-12H2,1H3,(H,19,20). The number of amides is 1. The molecule has 23 heavy (non-hydrogen) atoms. The van der Waals surface area contributed by atoms with E-state index in [1.54, 1.807) is 12.5 Å². The fourth-order valence-corrected chi connectivity index (χ4v) is 4.23. The normalized spacial score (nSPS) is 20.5. The number of likely N-dealkylation sites (N-methyl/N-ethyl adjacent to an activating group) is 1. The minimum Gasteiger partial charge on any atom is -0.341 e. The Morgan fingerprint density at radius 3 is 2.78 bits per heavy atom. The van der Waals surface area contributed by atoms with E-state index in [-0.39, 0.29) is 11.3 Å². The SMILES string of the molecule is CN1Cc2ccccc2C2(CCN(C(=O)c3cnc[nH]3)CC2)C1. The highest BCUT2D eigenvalue weighted by atomic mass is 16.2. The Hall–Kier alpha value is -2.14. The number of carbonyl (C=O) groups excluding carboxylic acids is 1. The molecule has 1 N–H and O–H groups in total. The highest BCUT2D eigenvalue weighted by Crippen LogP contribution is 2.41. The first-order valence-corrected chi connectivity index (χ1v) is 8.23. The molecule has 1 amide bonds. The summed E-state index contributed by atoms with van der Waals surface area (Å²) < 4.78 is 0. The van der Waals surface area contributed by atoms with Crippen molar-refractivity contribution >= 4 is 5.91 Å². The molecule has 2 aliphatic rings. The van der Waals surface area contributed by atoms with Gasteiger partial charge < -0.3 is 14.8 Å². The number of nitrogens with one attached hydrogen (secondary N) is 1. The molecule has 0 unspecified atom stereocenters. The van der Waals surface area contributed by atoms with E-state index < -0.39 is 0 Å². The molecule has 120 valence electrons. The average Bonchev–Trinajstić information content (AvgIpc) is 3.09. The van der Waals surface area contributed by atoms with Crippen LogP contribution in [-0.2, 0) is 12.0 Å². The molecule has 1 spiro atoms. The van der Waals surface area contributed by atoms with E-state index in [1.165, 1.54) is 11.1 Å². The molecule has 0 radical (unpaired) electrons. The quantitative estimate of drug-likeness (QED) is 0.877. The van der Waals surface area contributed by atoms with Gasteiger partial charge in [0, 0.05) is 31.6 Å². The van der Waals surface area contributed by atoms with Crippen molar-refractivity contribution in [2.45, 2.75) is 24.8 Å². The zero-order valence-electron chi connectivity index (χ0n) is 13.5. The second-order valence-corrected chi connectivity index (χ2v) is 6.87. The minimum absolute atomic E-state index is 0.0646. The predicted molar refractivity (Wildman–Crippen MR) is 88.2 cm³/mol. The number of imidazole rings is 1. The summed E-state index contributed by atoms with van der Waals surface area (Å²) >= 11 is 0. The van der Waals surface area contributed by atoms with E-state index in [2.05, 4.69) is 46.2 Å². The summed E-state index contributed by atoms with van der Waals surface area (Å²) in [5.74, 6) is 0.0646. The van der Waals surface area contributed by atoms with Gasteiger partial charge in [0.15, 0.2) is 0 Å². The zero-order chi connectivity index (χ0) is 15.9. The summed E-state index contributed by atoms with van der Waals surface area (Å²) in [6, 6.07) is 8.81. The van der Waals surface area contributed by atoms with Crippen LogP contribution in [0.3, 0.4) is 0 Å². The first-order valence-electron chi connectivity index (χ1n) is 8.23. The molecule has 2 aliphatic heterocycles. The van der Waals surface area contributed by atoms with Crippen LogP contribution in [0.5, 0.6) is 0 Å². The van der Waals surface area contributed by atoms with Crippen LogP contribution in [-0.4, -0.2) is 52.4 Å². The van der Waals surface area contributed by atoms with Crippen molar-refractivity contribution in [1.29, 1.82) is 0 Å². The van der Waals surface area contributed by atoms with Crippen molar-refractivity contribution < 1.29 is 4.79 Å². The zero-order valence-corrected chi connectivity index (χ0v) is 13.5. The van der Waals surface area contributed by atoms with E-state index in [4.69, 9.17) is 0 Å². The lowest BCUT2D eigenvalue weighted by atomic mass is 9.69. The van der Waals surface area contributed by atoms with E-state index in [1.807, 2.05) is 4.90 Å². The summed E-state index contributed by atoms with van der Waals surface area (Å²) in [7, 11) is 2.19. The van der Waals surface area contributed by atoms with Crippen LogP contribution in [0.25, 0.3) is 0 Å². The summed E-state index contributed by atoms with van der Waals surface area (Å²) in [5.41, 5.74) is 3.71. The van der Waals surface area contributed by atoms with Crippen molar-refractivity contribution in [3.8, 4) is 0 Å². The van der Waals surface area contributed by atoms with Gasteiger partial charge in [-0.3, -0.25) is 4.79 Å². The van der Waals surface area contributed by atoms with Gasteiger partial charge in [-0.2, -0.15) is 0 Å². The molecule has 1 saturated heterocycles. The molecule has 0 atom stereocenters. The minimum atomic E-state index is 0.0646. The van der Waals surface area contributed by atoms with Crippen LogP contribution in [0.15, 0.2) is 36.8 Å². The van der Waals surface area contributed by atoms with Gasteiger partial charge in [-0.25, -0.2) is 4.98 Å². The maximum Gasteiger partial charge on any atom is 0.271 e. The topological polar surface area (TPSA) is 52.2 Å². The Bertz CT molecular complexity index is 702. The lowest BCUT2D eigenvalue weighted by molar-refractivity contribution is 0.0609. The smallest absolute Gasteiger partial charge is 0.271 e. The molecule has 5 nitrogen and oxygen atoms in total. The van der Waals surface area contributed by atoms with Gasteiger partial charge in [-0.1, -0.05) is 24.3 Å². The van der Waals surface area contributed by atoms with Crippen LogP contribution >= 0.6 is 0 Å². The van der Waals surface area contributed by atoms with Crippen LogP contribution in [0.4, 0.5) is 0 Å². The molecule has 1 aromatic heterocycles. The number of carbonyl (C=O) groups is 1. The largest absolute Gasteiger partial charge is 0.341 e. The van der Waals surface area contributed by atoms with E-state index in [0.29, 0.717) is 5.69 Å². The molecular weight excluding hydrogens is 288 g/mol. The average molecular weight is 310 g/mol. The number of H-pyrrole nitrogens is 1. The predicted octanol–water partition coefficient (Wildman–Crippen LogP) is 2.03. The van der Waals surface area contributed by atoms with Gasteiger partial charge in [-0.05, 0) is 31.0 Å². The molecule has 0 saturated carbocycles. The Balaban J connectivity index is 1.56. The van der Waals surface area contributed by atoms with Gasteiger partial charge in [-0.15, -0.1) is 0 Å². The fourth-order valence-electron chi connectivity index (χ4n) is 4.23. The van der Waals surface area contributed by atoms with Crippen LogP contribution in [0.1, 0.15) is 34.5 Å². The van der Waals surface area contributed by atoms with Gasteiger partial charge in [0.25, 0.3) is 5.91 Å². The van der Waals surface area contributed by atoms with Gasteiger partial charge in [0.2, 0.25) is 0 Å². The highest BCUT2D eigenvalue weighted by molar-refractivity contribution is 5.92. The molecule has 0 aliphatic carbocycles. The molecule has 1 aromatic carbocycles. The van der Waals surface area contributed by atoms with Gasteiger partial charge in [0.05, 0.1) is 12.5 Å². The van der Waals surface area contributed by atoms with E-state index in [9.17, 15) is 4.79 Å². The number of hydrogen-bond donors (Lipinski definition) is 1. The monoisotopic (exact) mass is 310 g/mol. The molecule has 2 aromatic rings. The van der Waals surface area contributed by atoms with E-state index in [0.717, 1.165) is 39.0 Å². The number of piperidine rings is 1. The number of aromatic amines is 1. The lowest BCUT2D eigenvalue weighted by Crippen LogP contribution is -2.52.